The molecular formula is C22H34N4O7. The summed E-state index contributed by atoms with van der Waals surface area (Å²) in [6.45, 7) is 0.603. The number of Topliss-reactive ketones (excluding diaryl/α,β-unsaturated/α-hetero) is 1. The summed E-state index contributed by atoms with van der Waals surface area (Å²) in [6.07, 6.45) is 1.24. The smallest absolute Gasteiger partial charge is 0.182 e. The summed E-state index contributed by atoms with van der Waals surface area (Å²) in [5, 5.41) is 47.2. The highest BCUT2D eigenvalue weighted by molar-refractivity contribution is 6.04. The zero-order chi connectivity index (χ0) is 24.7. The van der Waals surface area contributed by atoms with E-state index in [0.717, 1.165) is 5.69 Å². The van der Waals surface area contributed by atoms with Gasteiger partial charge in [-0.15, -0.1) is 5.10 Å². The van der Waals surface area contributed by atoms with Crippen molar-refractivity contribution in [2.24, 2.45) is 10.9 Å². The summed E-state index contributed by atoms with van der Waals surface area (Å²) in [6, 6.07) is 0. The molecule has 3 heterocycles. The summed E-state index contributed by atoms with van der Waals surface area (Å²) in [7, 11) is 1.25. The third kappa shape index (κ3) is 5.92. The summed E-state index contributed by atoms with van der Waals surface area (Å²) in [5.74, 6) is 0.479. The van der Waals surface area contributed by atoms with Crippen LogP contribution >= 0.6 is 0 Å². The predicted octanol–water partition coefficient (Wildman–Crippen LogP) is -0.239. The number of aliphatic hydroxyl groups excluding tert-OH is 4. The Morgan fingerprint density at radius 1 is 1.24 bits per heavy atom. The fourth-order valence-corrected chi connectivity index (χ4v) is 4.11. The Morgan fingerprint density at radius 2 is 2.00 bits per heavy atom. The van der Waals surface area contributed by atoms with Gasteiger partial charge in [-0.3, -0.25) is 9.79 Å². The van der Waals surface area contributed by atoms with Gasteiger partial charge in [-0.2, -0.15) is 0 Å². The molecule has 1 aliphatic carbocycles. The molecule has 5 atom stereocenters. The molecule has 0 spiro atoms. The molecule has 0 radical (unpaired) electrons. The molecule has 1 saturated heterocycles. The lowest BCUT2D eigenvalue weighted by Gasteiger charge is -2.40. The number of carbonyl (C=O) groups excluding carboxylic acids is 1. The number of carbonyl (C=O) groups is 1. The summed E-state index contributed by atoms with van der Waals surface area (Å²) >= 11 is 0. The third-order valence-corrected chi connectivity index (χ3v) is 6.40. The molecule has 1 aromatic rings. The fourth-order valence-electron chi connectivity index (χ4n) is 4.11. The van der Waals surface area contributed by atoms with Crippen LogP contribution in [-0.2, 0) is 27.4 Å². The first-order valence-electron chi connectivity index (χ1n) is 12.0. The van der Waals surface area contributed by atoms with Crippen molar-refractivity contribution >= 4 is 11.5 Å². The van der Waals surface area contributed by atoms with Gasteiger partial charge in [-0.25, -0.2) is 4.68 Å². The Morgan fingerprint density at radius 3 is 2.70 bits per heavy atom. The minimum absolute atomic E-state index is 0.0246. The highest BCUT2D eigenvalue weighted by Gasteiger charge is 2.43. The van der Waals surface area contributed by atoms with E-state index in [4.69, 9.17) is 10.8 Å². The maximum atomic E-state index is 12.7. The van der Waals surface area contributed by atoms with Gasteiger partial charge in [-0.1, -0.05) is 19.0 Å². The van der Waals surface area contributed by atoms with E-state index in [2.05, 4.69) is 15.3 Å². The van der Waals surface area contributed by atoms with E-state index in [9.17, 15) is 25.2 Å². The Bertz CT molecular complexity index is 871. The molecule has 3 aliphatic rings. The number of ether oxygens (including phenoxy) is 2. The van der Waals surface area contributed by atoms with Gasteiger partial charge in [0.05, 0.1) is 31.2 Å². The predicted molar refractivity (Wildman–Crippen MR) is 117 cm³/mol. The first-order chi connectivity index (χ1) is 16.5. The fraction of sp³-hybridized carbons (Fsp3) is 0.727. The number of aliphatic hydroxyl groups is 4. The first-order valence-corrected chi connectivity index (χ1v) is 11.0. The van der Waals surface area contributed by atoms with Crippen molar-refractivity contribution in [1.29, 1.82) is 0 Å². The molecule has 2 fully saturated rings. The van der Waals surface area contributed by atoms with Crippen molar-refractivity contribution < 1.29 is 36.1 Å². The number of hydrogen-bond acceptors (Lipinski definition) is 10. The number of ketones is 1. The van der Waals surface area contributed by atoms with Gasteiger partial charge in [-0.05, 0) is 18.8 Å². The normalized spacial score (nSPS) is 30.0. The van der Waals surface area contributed by atoms with E-state index in [1.165, 1.54) is 37.5 Å². The van der Waals surface area contributed by atoms with Crippen LogP contribution in [0.1, 0.15) is 46.6 Å². The molecule has 5 unspecified atom stereocenters. The molecule has 1 saturated carbocycles. The van der Waals surface area contributed by atoms with Gasteiger partial charge in [0.15, 0.2) is 5.78 Å². The van der Waals surface area contributed by atoms with E-state index >= 15 is 0 Å². The molecule has 11 heteroatoms. The van der Waals surface area contributed by atoms with Crippen molar-refractivity contribution in [3.63, 3.8) is 0 Å². The second-order valence-electron chi connectivity index (χ2n) is 8.72. The minimum Gasteiger partial charge on any atom is -0.394 e. The Hall–Kier alpha value is -2.02. The molecule has 1 aromatic heterocycles. The van der Waals surface area contributed by atoms with Crippen LogP contribution in [-0.4, -0.2) is 90.6 Å². The Balaban J connectivity index is 0.00000158. The van der Waals surface area contributed by atoms with E-state index < -0.39 is 37.1 Å². The lowest BCUT2D eigenvalue weighted by atomic mass is 9.86. The maximum Gasteiger partial charge on any atom is 0.182 e. The Labute approximate surface area is 194 Å². The highest BCUT2D eigenvalue weighted by atomic mass is 16.5. The molecule has 0 bridgehead atoms. The minimum atomic E-state index is -1.43. The van der Waals surface area contributed by atoms with Crippen molar-refractivity contribution in [3.8, 4) is 0 Å². The number of hydrogen-bond donors (Lipinski definition) is 4. The van der Waals surface area contributed by atoms with Crippen molar-refractivity contribution in [2.45, 2.75) is 83.2 Å². The van der Waals surface area contributed by atoms with Crippen LogP contribution in [0.5, 0.6) is 0 Å². The second-order valence-corrected chi connectivity index (χ2v) is 8.72. The highest BCUT2D eigenvalue weighted by Crippen LogP contribution is 2.27. The molecule has 4 N–H and O–H groups in total. The van der Waals surface area contributed by atoms with Crippen LogP contribution in [0.4, 0.5) is 0 Å². The standard InChI is InChI=1S/C21H30N4O7.CH4/c26-9-18-20(29)21(30)19(28)17(32-18)5-14-4-13(6-22-14)16(27)8-25-15(7-23-24-25)11-31-10-12-2-1-3-12;/h6-7,12,17-21,26,28-30H,1-5,8-11H2;1H4/i;1D. The average molecular weight is 468 g/mol. The summed E-state index contributed by atoms with van der Waals surface area (Å²) < 4.78 is 18.5. The van der Waals surface area contributed by atoms with Crippen molar-refractivity contribution in [1.82, 2.24) is 15.0 Å². The number of allylic oxidation sites excluding steroid dienone is 1. The van der Waals surface area contributed by atoms with E-state index in [1.54, 1.807) is 6.20 Å². The van der Waals surface area contributed by atoms with Crippen LogP contribution in [0.2, 0.25) is 0 Å². The molecule has 0 aromatic carbocycles. The lowest BCUT2D eigenvalue weighted by Crippen LogP contribution is -2.58. The zero-order valence-corrected chi connectivity index (χ0v) is 18.8. The van der Waals surface area contributed by atoms with Crippen LogP contribution in [0.25, 0.3) is 0 Å². The zero-order valence-electron chi connectivity index (χ0n) is 19.8. The molecule has 4 rings (SSSR count). The maximum absolute atomic E-state index is 12.7. The van der Waals surface area contributed by atoms with Gasteiger partial charge in [0.1, 0.15) is 31.0 Å². The van der Waals surface area contributed by atoms with Crippen LogP contribution in [0.15, 0.2) is 23.0 Å². The SMILES string of the molecule is O=C(Cn1nncc1COCC1CCC1)C1=CN=C(CC2OC(CO)C(O)C(O)C2O)C1.[2H]C. The van der Waals surface area contributed by atoms with Gasteiger partial charge >= 0.3 is 0 Å². The van der Waals surface area contributed by atoms with Crippen molar-refractivity contribution in [3.05, 3.63) is 23.7 Å². The van der Waals surface area contributed by atoms with Gasteiger partial charge < -0.3 is 29.9 Å². The van der Waals surface area contributed by atoms with Gasteiger partial charge in [0.2, 0.25) is 0 Å². The largest absolute Gasteiger partial charge is 0.394 e. The second kappa shape index (κ2) is 11.4. The van der Waals surface area contributed by atoms with Crippen LogP contribution in [0, 0.1) is 5.92 Å². The molecule has 33 heavy (non-hydrogen) atoms. The number of aliphatic imine (C=N–C) groups is 1. The molecular weight excluding hydrogens is 432 g/mol. The molecule has 11 nitrogen and oxygen atoms in total. The molecule has 0 amide bonds. The summed E-state index contributed by atoms with van der Waals surface area (Å²) in [5.41, 5.74) is 1.85. The monoisotopic (exact) mass is 467 g/mol. The topological polar surface area (TPSA) is 160 Å². The number of nitrogens with zero attached hydrogens (tertiary/aromatic N) is 4. The van der Waals surface area contributed by atoms with Crippen molar-refractivity contribution in [2.75, 3.05) is 13.2 Å². The molecule has 184 valence electrons. The van der Waals surface area contributed by atoms with E-state index in [1.807, 2.05) is 0 Å². The first kappa shape index (κ1) is 24.1. The van der Waals surface area contributed by atoms with E-state index in [0.29, 0.717) is 30.4 Å². The molecule has 2 aliphatic heterocycles. The van der Waals surface area contributed by atoms with Gasteiger partial charge in [0, 0.05) is 38.3 Å². The number of rotatable bonds is 10. The lowest BCUT2D eigenvalue weighted by molar-refractivity contribution is -0.227. The number of aromatic nitrogens is 3. The van der Waals surface area contributed by atoms with Crippen LogP contribution < -0.4 is 0 Å². The third-order valence-electron chi connectivity index (χ3n) is 6.40. The summed E-state index contributed by atoms with van der Waals surface area (Å²) in [4.78, 5) is 17.0. The quantitative estimate of drug-likeness (QED) is 0.364. The van der Waals surface area contributed by atoms with Crippen LogP contribution in [0.3, 0.4) is 0 Å². The average Bonchev–Trinajstić information content (AvgIpc) is 3.47. The Kier molecular flexibility index (Phi) is 8.34. The van der Waals surface area contributed by atoms with E-state index in [-0.39, 0.29) is 25.2 Å². The van der Waals surface area contributed by atoms with Gasteiger partial charge in [0.25, 0.3) is 0 Å².